The van der Waals surface area contributed by atoms with Gasteiger partial charge < -0.3 is 5.32 Å². The van der Waals surface area contributed by atoms with Crippen LogP contribution in [0.5, 0.6) is 0 Å². The van der Waals surface area contributed by atoms with E-state index in [-0.39, 0.29) is 6.03 Å². The van der Waals surface area contributed by atoms with Crippen LogP contribution in [0.4, 0.5) is 4.79 Å². The number of carbonyl (C=O) groups is 1. The largest absolute Gasteiger partial charge is 0.337 e. The van der Waals surface area contributed by atoms with Crippen LogP contribution in [-0.2, 0) is 0 Å². The number of hydrogen-bond acceptors (Lipinski definition) is 2. The van der Waals surface area contributed by atoms with Crippen LogP contribution in [0.15, 0.2) is 35.4 Å². The number of amides is 2. The van der Waals surface area contributed by atoms with Crippen molar-refractivity contribution >= 4 is 12.2 Å². The van der Waals surface area contributed by atoms with Crippen LogP contribution < -0.4 is 10.7 Å². The lowest BCUT2D eigenvalue weighted by atomic mass is 10.2. The van der Waals surface area contributed by atoms with Crippen molar-refractivity contribution in [3.05, 3.63) is 35.9 Å². The highest BCUT2D eigenvalue weighted by Crippen LogP contribution is 1.92. The zero-order valence-electron chi connectivity index (χ0n) is 8.03. The maximum absolute atomic E-state index is 10.9. The first-order chi connectivity index (χ1) is 6.83. The second kappa shape index (κ2) is 5.75. The van der Waals surface area contributed by atoms with Crippen LogP contribution in [0.1, 0.15) is 12.5 Å². The van der Waals surface area contributed by atoms with Crippen molar-refractivity contribution in [2.24, 2.45) is 5.10 Å². The van der Waals surface area contributed by atoms with Crippen LogP contribution in [0.3, 0.4) is 0 Å². The fraction of sp³-hybridized carbons (Fsp3) is 0.200. The molecule has 0 aliphatic carbocycles. The number of benzene rings is 1. The molecule has 2 amide bonds. The van der Waals surface area contributed by atoms with E-state index in [1.165, 1.54) is 0 Å². The van der Waals surface area contributed by atoms with Crippen LogP contribution in [0, 0.1) is 0 Å². The molecule has 0 saturated carbocycles. The first-order valence-electron chi connectivity index (χ1n) is 4.45. The molecule has 1 aromatic rings. The molecule has 0 fully saturated rings. The van der Waals surface area contributed by atoms with Crippen LogP contribution in [0.25, 0.3) is 0 Å². The lowest BCUT2D eigenvalue weighted by Gasteiger charge is -1.98. The summed E-state index contributed by atoms with van der Waals surface area (Å²) in [4.78, 5) is 10.9. The Bertz CT molecular complexity index is 308. The van der Waals surface area contributed by atoms with Gasteiger partial charge in [-0.05, 0) is 12.5 Å². The average molecular weight is 191 g/mol. The Morgan fingerprint density at radius 1 is 1.43 bits per heavy atom. The maximum atomic E-state index is 10.9. The van der Waals surface area contributed by atoms with Crippen molar-refractivity contribution in [1.82, 2.24) is 10.7 Å². The molecule has 2 N–H and O–H groups in total. The van der Waals surface area contributed by atoms with Crippen molar-refractivity contribution in [3.8, 4) is 0 Å². The summed E-state index contributed by atoms with van der Waals surface area (Å²) in [6.07, 6.45) is 1.59. The highest BCUT2D eigenvalue weighted by atomic mass is 16.2. The Balaban J connectivity index is 2.38. The second-order valence-electron chi connectivity index (χ2n) is 2.64. The van der Waals surface area contributed by atoms with Crippen molar-refractivity contribution in [1.29, 1.82) is 0 Å². The number of urea groups is 1. The predicted octanol–water partition coefficient (Wildman–Crippen LogP) is 1.34. The van der Waals surface area contributed by atoms with Gasteiger partial charge in [-0.15, -0.1) is 0 Å². The molecule has 14 heavy (non-hydrogen) atoms. The fourth-order valence-corrected chi connectivity index (χ4v) is 0.905. The molecule has 0 aliphatic heterocycles. The molecule has 74 valence electrons. The Morgan fingerprint density at radius 2 is 2.14 bits per heavy atom. The Hall–Kier alpha value is -1.84. The fourth-order valence-electron chi connectivity index (χ4n) is 0.905. The van der Waals surface area contributed by atoms with E-state index in [0.717, 1.165) is 5.56 Å². The summed E-state index contributed by atoms with van der Waals surface area (Å²) in [5.74, 6) is 0. The summed E-state index contributed by atoms with van der Waals surface area (Å²) in [7, 11) is 0. The predicted molar refractivity (Wildman–Crippen MR) is 56.2 cm³/mol. The molecule has 1 rings (SSSR count). The van der Waals surface area contributed by atoms with Crippen molar-refractivity contribution < 1.29 is 4.79 Å². The molecule has 0 radical (unpaired) electrons. The smallest absolute Gasteiger partial charge is 0.335 e. The molecule has 4 nitrogen and oxygen atoms in total. The van der Waals surface area contributed by atoms with E-state index >= 15 is 0 Å². The van der Waals surface area contributed by atoms with Gasteiger partial charge in [0.25, 0.3) is 0 Å². The molecular formula is C10H13N3O. The van der Waals surface area contributed by atoms with Gasteiger partial charge in [-0.2, -0.15) is 5.10 Å². The minimum absolute atomic E-state index is 0.292. The molecule has 0 aliphatic rings. The number of hydrazone groups is 1. The van der Waals surface area contributed by atoms with E-state index in [1.807, 2.05) is 37.3 Å². The minimum atomic E-state index is -0.292. The van der Waals surface area contributed by atoms with Crippen LogP contribution in [-0.4, -0.2) is 18.8 Å². The van der Waals surface area contributed by atoms with Gasteiger partial charge in [-0.25, -0.2) is 10.2 Å². The van der Waals surface area contributed by atoms with Crippen molar-refractivity contribution in [2.45, 2.75) is 6.92 Å². The van der Waals surface area contributed by atoms with Gasteiger partial charge in [0.15, 0.2) is 0 Å². The third kappa shape index (κ3) is 3.71. The van der Waals surface area contributed by atoms with E-state index in [0.29, 0.717) is 6.54 Å². The van der Waals surface area contributed by atoms with Gasteiger partial charge in [0.05, 0.1) is 6.21 Å². The summed E-state index contributed by atoms with van der Waals surface area (Å²) in [5.41, 5.74) is 3.30. The highest BCUT2D eigenvalue weighted by molar-refractivity contribution is 5.81. The Labute approximate surface area is 83.0 Å². The van der Waals surface area contributed by atoms with Gasteiger partial charge in [0.1, 0.15) is 0 Å². The third-order valence-corrected chi connectivity index (χ3v) is 1.52. The van der Waals surface area contributed by atoms with Gasteiger partial charge in [-0.3, -0.25) is 0 Å². The van der Waals surface area contributed by atoms with E-state index < -0.39 is 0 Å². The molecule has 0 aromatic heterocycles. The second-order valence-corrected chi connectivity index (χ2v) is 2.64. The van der Waals surface area contributed by atoms with E-state index in [2.05, 4.69) is 15.8 Å². The lowest BCUT2D eigenvalue weighted by Crippen LogP contribution is -2.31. The topological polar surface area (TPSA) is 53.5 Å². The van der Waals surface area contributed by atoms with Crippen LogP contribution >= 0.6 is 0 Å². The summed E-state index contributed by atoms with van der Waals surface area (Å²) in [6.45, 7) is 2.44. The Morgan fingerprint density at radius 3 is 2.79 bits per heavy atom. The van der Waals surface area contributed by atoms with E-state index in [4.69, 9.17) is 0 Å². The molecule has 0 heterocycles. The lowest BCUT2D eigenvalue weighted by molar-refractivity contribution is 0.242. The van der Waals surface area contributed by atoms with Gasteiger partial charge in [0, 0.05) is 6.54 Å². The molecule has 0 atom stereocenters. The molecule has 0 spiro atoms. The average Bonchev–Trinajstić information content (AvgIpc) is 2.20. The minimum Gasteiger partial charge on any atom is -0.337 e. The molecule has 1 aromatic carbocycles. The molecule has 0 unspecified atom stereocenters. The molecule has 4 heteroatoms. The van der Waals surface area contributed by atoms with Crippen LogP contribution in [0.2, 0.25) is 0 Å². The third-order valence-electron chi connectivity index (χ3n) is 1.52. The number of carbonyl (C=O) groups excluding carboxylic acids is 1. The zero-order valence-corrected chi connectivity index (χ0v) is 8.03. The zero-order chi connectivity index (χ0) is 10.2. The van der Waals surface area contributed by atoms with Gasteiger partial charge in [-0.1, -0.05) is 30.3 Å². The van der Waals surface area contributed by atoms with E-state index in [1.54, 1.807) is 6.21 Å². The number of rotatable bonds is 3. The highest BCUT2D eigenvalue weighted by Gasteiger charge is 1.91. The van der Waals surface area contributed by atoms with Gasteiger partial charge in [0.2, 0.25) is 0 Å². The first kappa shape index (κ1) is 10.2. The molecule has 0 bridgehead atoms. The van der Waals surface area contributed by atoms with Gasteiger partial charge >= 0.3 is 6.03 Å². The van der Waals surface area contributed by atoms with Crippen molar-refractivity contribution in [3.63, 3.8) is 0 Å². The summed E-state index contributed by atoms with van der Waals surface area (Å²) in [6, 6.07) is 9.26. The summed E-state index contributed by atoms with van der Waals surface area (Å²) < 4.78 is 0. The summed E-state index contributed by atoms with van der Waals surface area (Å²) >= 11 is 0. The SMILES string of the molecule is CCNC(=O)N/N=C/c1ccccc1. The van der Waals surface area contributed by atoms with E-state index in [9.17, 15) is 4.79 Å². The molecular weight excluding hydrogens is 178 g/mol. The molecule has 0 saturated heterocycles. The first-order valence-corrected chi connectivity index (χ1v) is 4.45. The van der Waals surface area contributed by atoms with Crippen molar-refractivity contribution in [2.75, 3.05) is 6.54 Å². The monoisotopic (exact) mass is 191 g/mol. The Kier molecular flexibility index (Phi) is 4.20. The quantitative estimate of drug-likeness (QED) is 0.549. The standard InChI is InChI=1S/C10H13N3O/c1-2-11-10(14)13-12-8-9-6-4-3-5-7-9/h3-8H,2H2,1H3,(H2,11,13,14)/b12-8+. The normalized spacial score (nSPS) is 10.1. The number of nitrogens with one attached hydrogen (secondary N) is 2. The maximum Gasteiger partial charge on any atom is 0.335 e. The summed E-state index contributed by atoms with van der Waals surface area (Å²) in [5, 5.41) is 6.34. The number of hydrogen-bond donors (Lipinski definition) is 2. The number of nitrogens with zero attached hydrogens (tertiary/aromatic N) is 1.